The van der Waals surface area contributed by atoms with E-state index in [0.29, 0.717) is 12.3 Å². The minimum atomic E-state index is -0.680. The first kappa shape index (κ1) is 12.9. The summed E-state index contributed by atoms with van der Waals surface area (Å²) in [5.41, 5.74) is 7.04. The molecule has 0 radical (unpaired) electrons. The molecule has 3 heteroatoms. The first-order valence-corrected chi connectivity index (χ1v) is 7.21. The van der Waals surface area contributed by atoms with Crippen molar-refractivity contribution in [2.45, 2.75) is 52.1 Å². The molecule has 0 aromatic carbocycles. The van der Waals surface area contributed by atoms with Crippen LogP contribution >= 0.6 is 0 Å². The zero-order chi connectivity index (χ0) is 13.9. The fourth-order valence-corrected chi connectivity index (χ4v) is 4.65. The molecule has 1 aromatic heterocycles. The van der Waals surface area contributed by atoms with Crippen LogP contribution in [0.25, 0.3) is 0 Å². The Morgan fingerprint density at radius 3 is 2.74 bits per heavy atom. The molecule has 3 N–H and O–H groups in total. The minimum Gasteiger partial charge on any atom is -0.398 e. The Hall–Kier alpha value is -1.09. The summed E-state index contributed by atoms with van der Waals surface area (Å²) >= 11 is 0. The Labute approximate surface area is 115 Å². The molecule has 3 nitrogen and oxygen atoms in total. The van der Waals surface area contributed by atoms with Gasteiger partial charge in [0.15, 0.2) is 0 Å². The van der Waals surface area contributed by atoms with Crippen LogP contribution in [0.2, 0.25) is 0 Å². The Bertz CT molecular complexity index is 506. The van der Waals surface area contributed by atoms with E-state index in [0.717, 1.165) is 24.1 Å². The number of nitrogens with zero attached hydrogens (tertiary/aromatic N) is 1. The Morgan fingerprint density at radius 2 is 2.16 bits per heavy atom. The van der Waals surface area contributed by atoms with E-state index >= 15 is 0 Å². The zero-order valence-corrected chi connectivity index (χ0v) is 12.1. The molecule has 0 spiro atoms. The normalized spacial score (nSPS) is 39.7. The van der Waals surface area contributed by atoms with Crippen LogP contribution in [-0.4, -0.2) is 15.7 Å². The smallest absolute Gasteiger partial charge is 0.0795 e. The first-order chi connectivity index (χ1) is 8.80. The number of pyridine rings is 1. The fourth-order valence-electron chi connectivity index (χ4n) is 4.65. The molecule has 19 heavy (non-hydrogen) atoms. The van der Waals surface area contributed by atoms with Crippen LogP contribution < -0.4 is 5.73 Å². The third-order valence-corrected chi connectivity index (χ3v) is 6.21. The third-order valence-electron chi connectivity index (χ3n) is 6.21. The number of hydrogen-bond acceptors (Lipinski definition) is 3. The Kier molecular flexibility index (Phi) is 2.53. The zero-order valence-electron chi connectivity index (χ0n) is 12.1. The maximum atomic E-state index is 11.5. The van der Waals surface area contributed by atoms with Gasteiger partial charge in [-0.15, -0.1) is 0 Å². The highest BCUT2D eigenvalue weighted by atomic mass is 16.3. The Balaban J connectivity index is 2.01. The van der Waals surface area contributed by atoms with E-state index in [1.165, 1.54) is 6.42 Å². The van der Waals surface area contributed by atoms with Crippen molar-refractivity contribution in [2.75, 3.05) is 5.73 Å². The summed E-state index contributed by atoms with van der Waals surface area (Å²) in [6, 6.07) is 1.82. The van der Waals surface area contributed by atoms with Gasteiger partial charge in [-0.2, -0.15) is 0 Å². The van der Waals surface area contributed by atoms with E-state index < -0.39 is 5.60 Å². The summed E-state index contributed by atoms with van der Waals surface area (Å²) in [6.07, 6.45) is 7.63. The van der Waals surface area contributed by atoms with Gasteiger partial charge in [0.05, 0.1) is 5.60 Å². The molecule has 104 valence electrons. The summed E-state index contributed by atoms with van der Waals surface area (Å²) in [4.78, 5) is 4.16. The van der Waals surface area contributed by atoms with Crippen molar-refractivity contribution >= 4 is 5.69 Å². The van der Waals surface area contributed by atoms with E-state index in [1.807, 2.05) is 6.07 Å². The molecule has 1 aromatic rings. The van der Waals surface area contributed by atoms with Crippen LogP contribution in [0.3, 0.4) is 0 Å². The number of fused-ring (bicyclic) bond motifs is 2. The highest BCUT2D eigenvalue weighted by Gasteiger charge is 2.68. The average molecular weight is 260 g/mol. The van der Waals surface area contributed by atoms with Crippen LogP contribution in [-0.2, 0) is 6.42 Å². The van der Waals surface area contributed by atoms with E-state index in [9.17, 15) is 5.11 Å². The van der Waals surface area contributed by atoms with E-state index in [-0.39, 0.29) is 10.8 Å². The highest BCUT2D eigenvalue weighted by molar-refractivity contribution is 5.46. The molecule has 2 bridgehead atoms. The molecule has 0 aliphatic heterocycles. The van der Waals surface area contributed by atoms with Gasteiger partial charge in [-0.05, 0) is 47.6 Å². The van der Waals surface area contributed by atoms with Crippen LogP contribution in [0.5, 0.6) is 0 Å². The number of nitrogens with two attached hydrogens (primary N) is 1. The SMILES string of the molecule is CC12CCC(C1)C(C)(C)C2(O)Cc1cnccc1N. The molecule has 0 amide bonds. The van der Waals surface area contributed by atoms with Crippen molar-refractivity contribution < 1.29 is 5.11 Å². The van der Waals surface area contributed by atoms with Crippen molar-refractivity contribution in [3.05, 3.63) is 24.0 Å². The van der Waals surface area contributed by atoms with Gasteiger partial charge in [-0.1, -0.05) is 20.8 Å². The number of hydrogen-bond donors (Lipinski definition) is 2. The maximum absolute atomic E-state index is 11.5. The van der Waals surface area contributed by atoms with Gasteiger partial charge in [0, 0.05) is 24.5 Å². The summed E-state index contributed by atoms with van der Waals surface area (Å²) in [7, 11) is 0. The van der Waals surface area contributed by atoms with E-state index in [1.54, 1.807) is 12.4 Å². The molecule has 0 saturated heterocycles. The summed E-state index contributed by atoms with van der Waals surface area (Å²) in [5.74, 6) is 0.625. The van der Waals surface area contributed by atoms with Gasteiger partial charge in [0.2, 0.25) is 0 Å². The number of nitrogen functional groups attached to an aromatic ring is 1. The predicted octanol–water partition coefficient (Wildman–Crippen LogP) is 2.78. The van der Waals surface area contributed by atoms with Gasteiger partial charge >= 0.3 is 0 Å². The number of aliphatic hydroxyl groups is 1. The molecule has 2 aliphatic rings. The van der Waals surface area contributed by atoms with Crippen LogP contribution in [0.15, 0.2) is 18.5 Å². The van der Waals surface area contributed by atoms with Gasteiger partial charge in [-0.25, -0.2) is 0 Å². The third kappa shape index (κ3) is 1.51. The van der Waals surface area contributed by atoms with Crippen LogP contribution in [0.4, 0.5) is 5.69 Å². The van der Waals surface area contributed by atoms with E-state index in [2.05, 4.69) is 25.8 Å². The van der Waals surface area contributed by atoms with Gasteiger partial charge in [-0.3, -0.25) is 4.98 Å². The topological polar surface area (TPSA) is 59.1 Å². The lowest BCUT2D eigenvalue weighted by atomic mass is 9.58. The maximum Gasteiger partial charge on any atom is 0.0795 e. The lowest BCUT2D eigenvalue weighted by Gasteiger charge is -2.51. The fraction of sp³-hybridized carbons (Fsp3) is 0.688. The van der Waals surface area contributed by atoms with Gasteiger partial charge in [0.1, 0.15) is 0 Å². The second kappa shape index (κ2) is 3.72. The lowest BCUT2D eigenvalue weighted by Crippen LogP contribution is -2.55. The molecule has 2 fully saturated rings. The molecule has 2 saturated carbocycles. The standard InChI is InChI=1S/C16H24N2O/c1-14(2)12-4-6-15(3,9-12)16(14,19)8-11-10-18-7-5-13(11)17/h5,7,10,12,19H,4,6,8-9H2,1-3H3,(H2,17,18). The Morgan fingerprint density at radius 1 is 1.42 bits per heavy atom. The quantitative estimate of drug-likeness (QED) is 0.859. The van der Waals surface area contributed by atoms with Crippen molar-refractivity contribution in [2.24, 2.45) is 16.7 Å². The molecule has 2 aliphatic carbocycles. The molecule has 3 rings (SSSR count). The monoisotopic (exact) mass is 260 g/mol. The van der Waals surface area contributed by atoms with Crippen molar-refractivity contribution in [3.63, 3.8) is 0 Å². The second-order valence-electron chi connectivity index (χ2n) is 7.33. The molecular formula is C16H24N2O. The first-order valence-electron chi connectivity index (χ1n) is 7.21. The summed E-state index contributed by atoms with van der Waals surface area (Å²) < 4.78 is 0. The molecule has 3 unspecified atom stereocenters. The molecule has 3 atom stereocenters. The molecule has 1 heterocycles. The van der Waals surface area contributed by atoms with Crippen molar-refractivity contribution in [3.8, 4) is 0 Å². The number of rotatable bonds is 2. The van der Waals surface area contributed by atoms with E-state index in [4.69, 9.17) is 5.73 Å². The van der Waals surface area contributed by atoms with Crippen LogP contribution in [0, 0.1) is 16.7 Å². The number of aromatic nitrogens is 1. The largest absolute Gasteiger partial charge is 0.398 e. The van der Waals surface area contributed by atoms with Gasteiger partial charge < -0.3 is 10.8 Å². The lowest BCUT2D eigenvalue weighted by molar-refractivity contribution is -0.141. The van der Waals surface area contributed by atoms with Gasteiger partial charge in [0.25, 0.3) is 0 Å². The van der Waals surface area contributed by atoms with Crippen molar-refractivity contribution in [1.82, 2.24) is 4.98 Å². The highest BCUT2D eigenvalue weighted by Crippen LogP contribution is 2.68. The van der Waals surface area contributed by atoms with Crippen LogP contribution in [0.1, 0.15) is 45.6 Å². The number of anilines is 1. The summed E-state index contributed by atoms with van der Waals surface area (Å²) in [5, 5.41) is 11.5. The predicted molar refractivity (Wildman–Crippen MR) is 76.5 cm³/mol. The average Bonchev–Trinajstić information content (AvgIpc) is 2.81. The summed E-state index contributed by atoms with van der Waals surface area (Å²) in [6.45, 7) is 6.68. The van der Waals surface area contributed by atoms with Crippen molar-refractivity contribution in [1.29, 1.82) is 0 Å². The minimum absolute atomic E-state index is 0.0173. The second-order valence-corrected chi connectivity index (χ2v) is 7.33. The molecular weight excluding hydrogens is 236 g/mol.